The quantitative estimate of drug-likeness (QED) is 0.618. The van der Waals surface area contributed by atoms with Crippen LogP contribution in [0.1, 0.15) is 30.4 Å². The molecule has 2 aromatic rings. The summed E-state index contributed by atoms with van der Waals surface area (Å²) in [6, 6.07) is 10.2. The standard InChI is InChI=1S/C21H24F4N2O2S/c1-2-10-27-13-16(12-22)20(14-27)15-6-8-18(9-7-15)26-30(28,29)19-5-3-4-17(11-19)21(23,24)25/h3-9,11,16,20,26H,2,10,12-14H2,1H3/t16-,20+/m1/s1. The van der Waals surface area contributed by atoms with E-state index in [1.165, 1.54) is 0 Å². The van der Waals surface area contributed by atoms with Gasteiger partial charge in [-0.15, -0.1) is 0 Å². The van der Waals surface area contributed by atoms with Gasteiger partial charge >= 0.3 is 6.18 Å². The fourth-order valence-electron chi connectivity index (χ4n) is 3.85. The summed E-state index contributed by atoms with van der Waals surface area (Å²) in [5.74, 6) is -0.0834. The van der Waals surface area contributed by atoms with Crippen molar-refractivity contribution in [3.63, 3.8) is 0 Å². The number of rotatable bonds is 7. The maximum absolute atomic E-state index is 13.5. The molecule has 4 nitrogen and oxygen atoms in total. The highest BCUT2D eigenvalue weighted by Crippen LogP contribution is 2.34. The van der Waals surface area contributed by atoms with E-state index in [2.05, 4.69) is 16.5 Å². The smallest absolute Gasteiger partial charge is 0.302 e. The third-order valence-corrected chi connectivity index (χ3v) is 6.70. The summed E-state index contributed by atoms with van der Waals surface area (Å²) in [7, 11) is -4.18. The van der Waals surface area contributed by atoms with Crippen LogP contribution < -0.4 is 4.72 Å². The number of alkyl halides is 4. The molecule has 0 aliphatic carbocycles. The minimum absolute atomic E-state index is 0.0238. The lowest BCUT2D eigenvalue weighted by atomic mass is 9.90. The van der Waals surface area contributed by atoms with Crippen LogP contribution in [-0.2, 0) is 16.2 Å². The van der Waals surface area contributed by atoms with Crippen LogP contribution in [0.4, 0.5) is 23.2 Å². The van der Waals surface area contributed by atoms with E-state index in [4.69, 9.17) is 0 Å². The zero-order chi connectivity index (χ0) is 21.9. The Hall–Kier alpha value is -2.13. The molecule has 0 bridgehead atoms. The van der Waals surface area contributed by atoms with Crippen LogP contribution in [0.25, 0.3) is 0 Å². The fraction of sp³-hybridized carbons (Fsp3) is 0.429. The fourth-order valence-corrected chi connectivity index (χ4v) is 4.95. The van der Waals surface area contributed by atoms with Gasteiger partial charge in [0.1, 0.15) is 0 Å². The van der Waals surface area contributed by atoms with Crippen LogP contribution in [0, 0.1) is 5.92 Å². The molecule has 0 radical (unpaired) electrons. The normalized spacial score (nSPS) is 20.4. The molecule has 1 heterocycles. The first kappa shape index (κ1) is 22.6. The van der Waals surface area contributed by atoms with E-state index in [0.29, 0.717) is 12.6 Å². The molecule has 164 valence electrons. The van der Waals surface area contributed by atoms with Gasteiger partial charge in [-0.1, -0.05) is 25.1 Å². The number of hydrogen-bond donors (Lipinski definition) is 1. The van der Waals surface area contributed by atoms with Gasteiger partial charge in [-0.25, -0.2) is 8.42 Å². The van der Waals surface area contributed by atoms with Gasteiger partial charge in [-0.3, -0.25) is 9.11 Å². The average molecular weight is 444 g/mol. The zero-order valence-electron chi connectivity index (χ0n) is 16.5. The van der Waals surface area contributed by atoms with Crippen molar-refractivity contribution in [1.29, 1.82) is 0 Å². The summed E-state index contributed by atoms with van der Waals surface area (Å²) in [5, 5.41) is 0. The first-order valence-electron chi connectivity index (χ1n) is 9.72. The van der Waals surface area contributed by atoms with Gasteiger partial charge in [0.05, 0.1) is 17.1 Å². The summed E-state index contributed by atoms with van der Waals surface area (Å²) >= 11 is 0. The zero-order valence-corrected chi connectivity index (χ0v) is 17.3. The summed E-state index contributed by atoms with van der Waals surface area (Å²) in [5.41, 5.74) is 0.116. The number of nitrogens with zero attached hydrogens (tertiary/aromatic N) is 1. The van der Waals surface area contributed by atoms with Gasteiger partial charge < -0.3 is 4.90 Å². The van der Waals surface area contributed by atoms with Gasteiger partial charge in [-0.2, -0.15) is 13.2 Å². The van der Waals surface area contributed by atoms with Crippen LogP contribution in [0.3, 0.4) is 0 Å². The number of benzene rings is 2. The highest BCUT2D eigenvalue weighted by molar-refractivity contribution is 7.92. The molecule has 2 aromatic carbocycles. The lowest BCUT2D eigenvalue weighted by Crippen LogP contribution is -2.21. The molecule has 0 saturated carbocycles. The van der Waals surface area contributed by atoms with E-state index >= 15 is 0 Å². The van der Waals surface area contributed by atoms with Gasteiger partial charge in [-0.05, 0) is 48.9 Å². The lowest BCUT2D eigenvalue weighted by Gasteiger charge is -2.17. The number of sulfonamides is 1. The molecule has 0 amide bonds. The largest absolute Gasteiger partial charge is 0.416 e. The Morgan fingerprint density at radius 2 is 1.80 bits per heavy atom. The Labute approximate surface area is 173 Å². The Kier molecular flexibility index (Phi) is 6.71. The second-order valence-corrected chi connectivity index (χ2v) is 9.22. The second-order valence-electron chi connectivity index (χ2n) is 7.53. The lowest BCUT2D eigenvalue weighted by molar-refractivity contribution is -0.137. The van der Waals surface area contributed by atoms with E-state index in [1.807, 2.05) is 0 Å². The summed E-state index contributed by atoms with van der Waals surface area (Å²) in [6.07, 6.45) is -3.64. The monoisotopic (exact) mass is 444 g/mol. The summed E-state index contributed by atoms with van der Waals surface area (Å²) in [6.45, 7) is 4.00. The molecule has 1 aliphatic rings. The van der Waals surface area contributed by atoms with Crippen molar-refractivity contribution in [3.8, 4) is 0 Å². The van der Waals surface area contributed by atoms with Crippen LogP contribution in [0.2, 0.25) is 0 Å². The number of likely N-dealkylation sites (tertiary alicyclic amines) is 1. The summed E-state index contributed by atoms with van der Waals surface area (Å²) < 4.78 is 79.4. The van der Waals surface area contributed by atoms with Gasteiger partial charge in [0.25, 0.3) is 10.0 Å². The van der Waals surface area contributed by atoms with Gasteiger partial charge in [0.2, 0.25) is 0 Å². The van der Waals surface area contributed by atoms with Crippen LogP contribution >= 0.6 is 0 Å². The maximum Gasteiger partial charge on any atom is 0.416 e. The van der Waals surface area contributed by atoms with Crippen LogP contribution in [0.5, 0.6) is 0 Å². The first-order chi connectivity index (χ1) is 14.1. The highest BCUT2D eigenvalue weighted by atomic mass is 32.2. The average Bonchev–Trinajstić information content (AvgIpc) is 3.11. The molecule has 0 spiro atoms. The van der Waals surface area contributed by atoms with Gasteiger partial charge in [0.15, 0.2) is 0 Å². The molecule has 3 rings (SSSR count). The minimum atomic E-state index is -4.63. The Morgan fingerprint density at radius 3 is 2.40 bits per heavy atom. The molecule has 0 aromatic heterocycles. The second kappa shape index (κ2) is 8.93. The SMILES string of the molecule is CCCN1C[C@@H](CF)[C@H](c2ccc(NS(=O)(=O)c3cccc(C(F)(F)F)c3)cc2)C1. The number of anilines is 1. The molecule has 9 heteroatoms. The Morgan fingerprint density at radius 1 is 1.10 bits per heavy atom. The maximum atomic E-state index is 13.5. The molecular weight excluding hydrogens is 420 g/mol. The molecule has 30 heavy (non-hydrogen) atoms. The van der Waals surface area contributed by atoms with E-state index in [1.54, 1.807) is 24.3 Å². The Bertz CT molecular complexity index is 962. The van der Waals surface area contributed by atoms with Crippen molar-refractivity contribution >= 4 is 15.7 Å². The topological polar surface area (TPSA) is 49.4 Å². The number of hydrogen-bond acceptors (Lipinski definition) is 3. The number of nitrogens with one attached hydrogen (secondary N) is 1. The third-order valence-electron chi connectivity index (χ3n) is 5.32. The van der Waals surface area contributed by atoms with E-state index in [0.717, 1.165) is 43.3 Å². The molecule has 2 atom stereocenters. The Balaban J connectivity index is 1.75. The summed E-state index contributed by atoms with van der Waals surface area (Å²) in [4.78, 5) is 1.75. The predicted octanol–water partition coefficient (Wildman–Crippen LogP) is 4.90. The van der Waals surface area contributed by atoms with Crippen molar-refractivity contribution in [3.05, 3.63) is 59.7 Å². The van der Waals surface area contributed by atoms with Crippen molar-refractivity contribution in [2.75, 3.05) is 31.0 Å². The third kappa shape index (κ3) is 5.13. The highest BCUT2D eigenvalue weighted by Gasteiger charge is 2.34. The molecule has 1 fully saturated rings. The van der Waals surface area contributed by atoms with Crippen LogP contribution in [-0.4, -0.2) is 39.6 Å². The van der Waals surface area contributed by atoms with Crippen LogP contribution in [0.15, 0.2) is 53.4 Å². The first-order valence-corrected chi connectivity index (χ1v) is 11.2. The molecule has 1 N–H and O–H groups in total. The van der Waals surface area contributed by atoms with Crippen molar-refractivity contribution < 1.29 is 26.0 Å². The molecule has 1 aliphatic heterocycles. The van der Waals surface area contributed by atoms with Crippen molar-refractivity contribution in [2.45, 2.75) is 30.3 Å². The molecule has 0 unspecified atom stereocenters. The number of halogens is 4. The van der Waals surface area contributed by atoms with Crippen molar-refractivity contribution in [1.82, 2.24) is 4.90 Å². The van der Waals surface area contributed by atoms with E-state index < -0.39 is 33.3 Å². The van der Waals surface area contributed by atoms with E-state index in [-0.39, 0.29) is 17.5 Å². The molecule has 1 saturated heterocycles. The minimum Gasteiger partial charge on any atom is -0.302 e. The predicted molar refractivity (Wildman–Crippen MR) is 108 cm³/mol. The molecular formula is C21H24F4N2O2S. The van der Waals surface area contributed by atoms with Gasteiger partial charge in [0, 0.05) is 30.6 Å². The van der Waals surface area contributed by atoms with E-state index in [9.17, 15) is 26.0 Å². The van der Waals surface area contributed by atoms with Crippen molar-refractivity contribution in [2.24, 2.45) is 5.92 Å².